The second-order valence-electron chi connectivity index (χ2n) is 5.58. The zero-order valence-corrected chi connectivity index (χ0v) is 13.7. The first-order valence-corrected chi connectivity index (χ1v) is 7.95. The number of carbonyl (C=O) groups is 1. The number of nitrogens with zero attached hydrogens (tertiary/aromatic N) is 4. The van der Waals surface area contributed by atoms with Gasteiger partial charge >= 0.3 is 0 Å². The van der Waals surface area contributed by atoms with Crippen molar-refractivity contribution in [3.05, 3.63) is 48.7 Å². The van der Waals surface area contributed by atoms with Gasteiger partial charge < -0.3 is 19.5 Å². The molecule has 1 amide bonds. The second-order valence-corrected chi connectivity index (χ2v) is 5.58. The summed E-state index contributed by atoms with van der Waals surface area (Å²) in [4.78, 5) is 25.2. The number of anilines is 2. The third kappa shape index (κ3) is 3.56. The van der Waals surface area contributed by atoms with Gasteiger partial charge in [0, 0.05) is 38.8 Å². The van der Waals surface area contributed by atoms with Crippen LogP contribution >= 0.6 is 0 Å². The minimum Gasteiger partial charge on any atom is -0.459 e. The van der Waals surface area contributed by atoms with Gasteiger partial charge in [-0.05, 0) is 19.1 Å². The average Bonchev–Trinajstić information content (AvgIpc) is 3.13. The van der Waals surface area contributed by atoms with Crippen LogP contribution in [0.15, 0.2) is 41.5 Å². The summed E-state index contributed by atoms with van der Waals surface area (Å²) in [6.45, 7) is 8.95. The van der Waals surface area contributed by atoms with Crippen molar-refractivity contribution in [2.75, 3.05) is 42.9 Å². The fraction of sp³-hybridized carbons (Fsp3) is 0.353. The molecular formula is C17H21N5O2. The summed E-state index contributed by atoms with van der Waals surface area (Å²) in [6.07, 6.45) is 3.31. The summed E-state index contributed by atoms with van der Waals surface area (Å²) in [6, 6.07) is 5.35. The molecule has 7 nitrogen and oxygen atoms in total. The zero-order chi connectivity index (χ0) is 16.9. The van der Waals surface area contributed by atoms with E-state index in [1.54, 1.807) is 23.1 Å². The van der Waals surface area contributed by atoms with Gasteiger partial charge in [0.05, 0.1) is 6.26 Å². The number of aryl methyl sites for hydroxylation is 1. The Balaban J connectivity index is 1.65. The molecule has 1 N–H and O–H groups in total. The number of rotatable bonds is 5. The fourth-order valence-corrected chi connectivity index (χ4v) is 2.68. The number of hydrogen-bond donors (Lipinski definition) is 1. The third-order valence-electron chi connectivity index (χ3n) is 3.87. The van der Waals surface area contributed by atoms with Crippen molar-refractivity contribution < 1.29 is 9.21 Å². The summed E-state index contributed by atoms with van der Waals surface area (Å²) in [5.41, 5.74) is 0. The average molecular weight is 327 g/mol. The largest absolute Gasteiger partial charge is 0.459 e. The van der Waals surface area contributed by atoms with Crippen LogP contribution in [0.25, 0.3) is 0 Å². The van der Waals surface area contributed by atoms with Crippen molar-refractivity contribution in [1.29, 1.82) is 0 Å². The highest BCUT2D eigenvalue weighted by molar-refractivity contribution is 5.91. The van der Waals surface area contributed by atoms with E-state index in [-0.39, 0.29) is 5.91 Å². The van der Waals surface area contributed by atoms with Gasteiger partial charge in [-0.2, -0.15) is 0 Å². The monoisotopic (exact) mass is 327 g/mol. The first kappa shape index (κ1) is 16.0. The minimum absolute atomic E-state index is 0.0631. The molecule has 0 radical (unpaired) electrons. The molecule has 0 unspecified atom stereocenters. The lowest BCUT2D eigenvalue weighted by Crippen LogP contribution is -2.49. The van der Waals surface area contributed by atoms with E-state index in [2.05, 4.69) is 26.8 Å². The van der Waals surface area contributed by atoms with Crippen LogP contribution in [-0.2, 0) is 0 Å². The molecule has 0 atom stereocenters. The lowest BCUT2D eigenvalue weighted by Gasteiger charge is -2.35. The van der Waals surface area contributed by atoms with Gasteiger partial charge in [0.15, 0.2) is 5.76 Å². The Labute approximate surface area is 141 Å². The molecule has 0 spiro atoms. The quantitative estimate of drug-likeness (QED) is 0.846. The highest BCUT2D eigenvalue weighted by atomic mass is 16.3. The molecule has 3 heterocycles. The van der Waals surface area contributed by atoms with Gasteiger partial charge in [0.2, 0.25) is 0 Å². The fourth-order valence-electron chi connectivity index (χ4n) is 2.68. The number of amides is 1. The van der Waals surface area contributed by atoms with E-state index in [9.17, 15) is 4.79 Å². The van der Waals surface area contributed by atoms with Crippen LogP contribution < -0.4 is 10.2 Å². The Morgan fingerprint density at radius 3 is 2.83 bits per heavy atom. The van der Waals surface area contributed by atoms with Crippen LogP contribution in [0.5, 0.6) is 0 Å². The molecule has 0 saturated carbocycles. The number of hydrogen-bond acceptors (Lipinski definition) is 6. The van der Waals surface area contributed by atoms with Crippen molar-refractivity contribution in [1.82, 2.24) is 14.9 Å². The van der Waals surface area contributed by atoms with Crippen molar-refractivity contribution in [2.45, 2.75) is 6.92 Å². The highest BCUT2D eigenvalue weighted by Gasteiger charge is 2.24. The van der Waals surface area contributed by atoms with Gasteiger partial charge in [-0.3, -0.25) is 4.79 Å². The van der Waals surface area contributed by atoms with E-state index in [4.69, 9.17) is 4.42 Å². The predicted octanol–water partition coefficient (Wildman–Crippen LogP) is 1.94. The lowest BCUT2D eigenvalue weighted by atomic mass is 10.2. The molecule has 1 aliphatic rings. The molecule has 1 saturated heterocycles. The molecule has 0 aliphatic carbocycles. The highest BCUT2D eigenvalue weighted by Crippen LogP contribution is 2.18. The van der Waals surface area contributed by atoms with Gasteiger partial charge in [0.1, 0.15) is 17.5 Å². The Kier molecular flexibility index (Phi) is 4.79. The van der Waals surface area contributed by atoms with E-state index in [0.29, 0.717) is 31.2 Å². The first-order valence-electron chi connectivity index (χ1n) is 7.95. The molecule has 2 aromatic heterocycles. The molecule has 1 aliphatic heterocycles. The second kappa shape index (κ2) is 7.16. The maximum atomic E-state index is 12.3. The van der Waals surface area contributed by atoms with Crippen LogP contribution in [0.2, 0.25) is 0 Å². The third-order valence-corrected chi connectivity index (χ3v) is 3.87. The lowest BCUT2D eigenvalue weighted by molar-refractivity contribution is 0.0714. The van der Waals surface area contributed by atoms with E-state index in [0.717, 1.165) is 24.7 Å². The topological polar surface area (TPSA) is 74.5 Å². The summed E-state index contributed by atoms with van der Waals surface area (Å²) in [7, 11) is 0. The number of furan rings is 1. The van der Waals surface area contributed by atoms with Crippen LogP contribution in [-0.4, -0.2) is 53.5 Å². The summed E-state index contributed by atoms with van der Waals surface area (Å²) in [5, 5.41) is 3.19. The van der Waals surface area contributed by atoms with Gasteiger partial charge in [-0.25, -0.2) is 9.97 Å². The Bertz CT molecular complexity index is 706. The summed E-state index contributed by atoms with van der Waals surface area (Å²) >= 11 is 0. The van der Waals surface area contributed by atoms with Crippen LogP contribution in [0.3, 0.4) is 0 Å². The number of aromatic nitrogens is 2. The van der Waals surface area contributed by atoms with E-state index in [1.807, 2.05) is 13.0 Å². The zero-order valence-electron chi connectivity index (χ0n) is 13.7. The molecular weight excluding hydrogens is 306 g/mol. The number of piperazine rings is 1. The predicted molar refractivity (Wildman–Crippen MR) is 92.3 cm³/mol. The summed E-state index contributed by atoms with van der Waals surface area (Å²) in [5.74, 6) is 2.70. The standard InChI is InChI=1S/C17H21N5O2/c1-3-6-18-15-12-16(20-13(2)19-15)21-7-9-22(10-8-21)17(23)14-5-4-11-24-14/h3-5,11-12H,1,6-10H2,2H3,(H,18,19,20). The maximum Gasteiger partial charge on any atom is 0.289 e. The molecule has 0 aromatic carbocycles. The normalized spacial score (nSPS) is 14.5. The molecule has 7 heteroatoms. The molecule has 126 valence electrons. The van der Waals surface area contributed by atoms with Crippen LogP contribution in [0.1, 0.15) is 16.4 Å². The SMILES string of the molecule is C=CCNc1cc(N2CCN(C(=O)c3ccco3)CC2)nc(C)n1. The summed E-state index contributed by atoms with van der Waals surface area (Å²) < 4.78 is 5.19. The van der Waals surface area contributed by atoms with Gasteiger partial charge in [-0.15, -0.1) is 6.58 Å². The molecule has 2 aromatic rings. The molecule has 24 heavy (non-hydrogen) atoms. The Hall–Kier alpha value is -2.83. The maximum absolute atomic E-state index is 12.3. The Morgan fingerprint density at radius 2 is 2.17 bits per heavy atom. The van der Waals surface area contributed by atoms with Crippen LogP contribution in [0, 0.1) is 6.92 Å². The van der Waals surface area contributed by atoms with E-state index >= 15 is 0 Å². The van der Waals surface area contributed by atoms with E-state index in [1.165, 1.54) is 6.26 Å². The molecule has 1 fully saturated rings. The minimum atomic E-state index is -0.0631. The van der Waals surface area contributed by atoms with Gasteiger partial charge in [0.25, 0.3) is 5.91 Å². The van der Waals surface area contributed by atoms with Gasteiger partial charge in [-0.1, -0.05) is 6.08 Å². The van der Waals surface area contributed by atoms with Crippen molar-refractivity contribution in [2.24, 2.45) is 0 Å². The van der Waals surface area contributed by atoms with Crippen molar-refractivity contribution >= 4 is 17.5 Å². The first-order chi connectivity index (χ1) is 11.7. The molecule has 3 rings (SSSR count). The number of carbonyl (C=O) groups excluding carboxylic acids is 1. The van der Waals surface area contributed by atoms with E-state index < -0.39 is 0 Å². The smallest absolute Gasteiger partial charge is 0.289 e. The molecule has 0 bridgehead atoms. The Morgan fingerprint density at radius 1 is 1.38 bits per heavy atom. The van der Waals surface area contributed by atoms with Crippen LogP contribution in [0.4, 0.5) is 11.6 Å². The number of nitrogens with one attached hydrogen (secondary N) is 1. The van der Waals surface area contributed by atoms with Crippen molar-refractivity contribution in [3.8, 4) is 0 Å². The van der Waals surface area contributed by atoms with Crippen molar-refractivity contribution in [3.63, 3.8) is 0 Å².